The van der Waals surface area contributed by atoms with Crippen molar-refractivity contribution in [3.05, 3.63) is 117 Å². The van der Waals surface area contributed by atoms with Crippen molar-refractivity contribution in [3.63, 3.8) is 0 Å². The van der Waals surface area contributed by atoms with E-state index in [2.05, 4.69) is 5.32 Å². The fraction of sp³-hybridized carbons (Fsp3) is 0.0370. The number of anilines is 1. The molecule has 0 saturated carbocycles. The normalized spacial score (nSPS) is 11.0. The summed E-state index contributed by atoms with van der Waals surface area (Å²) in [5.74, 6) is -0.164. The molecule has 4 aromatic carbocycles. The van der Waals surface area contributed by atoms with Gasteiger partial charge in [0.1, 0.15) is 24.0 Å². The average Bonchev–Trinajstić information content (AvgIpc) is 2.87. The van der Waals surface area contributed by atoms with E-state index in [1.807, 2.05) is 48.5 Å². The zero-order valence-corrected chi connectivity index (χ0v) is 19.0. The van der Waals surface area contributed by atoms with Crippen LogP contribution in [-0.2, 0) is 11.4 Å². The number of halogens is 1. The maximum Gasteiger partial charge on any atom is 0.271 e. The molecule has 1 amide bonds. The molecule has 0 saturated heterocycles. The molecular formula is C27H18ClN3O4. The summed E-state index contributed by atoms with van der Waals surface area (Å²) in [6, 6.07) is 26.6. The number of benzene rings is 4. The third kappa shape index (κ3) is 5.64. The second kappa shape index (κ2) is 10.5. The number of ether oxygens (including phenoxy) is 1. The molecule has 0 atom stereocenters. The quantitative estimate of drug-likeness (QED) is 0.139. The highest BCUT2D eigenvalue weighted by atomic mass is 35.5. The van der Waals surface area contributed by atoms with Crippen LogP contribution < -0.4 is 10.1 Å². The Morgan fingerprint density at radius 1 is 1.06 bits per heavy atom. The monoisotopic (exact) mass is 483 g/mol. The molecule has 35 heavy (non-hydrogen) atoms. The van der Waals surface area contributed by atoms with Crippen molar-refractivity contribution in [1.82, 2.24) is 0 Å². The van der Waals surface area contributed by atoms with Crippen molar-refractivity contribution < 1.29 is 14.5 Å². The number of rotatable bonds is 7. The smallest absolute Gasteiger partial charge is 0.271 e. The predicted molar refractivity (Wildman–Crippen MR) is 135 cm³/mol. The summed E-state index contributed by atoms with van der Waals surface area (Å²) in [4.78, 5) is 23.0. The lowest BCUT2D eigenvalue weighted by Gasteiger charge is -2.10. The number of carbonyl (C=O) groups is 1. The Bertz CT molecular complexity index is 1500. The van der Waals surface area contributed by atoms with Crippen LogP contribution in [0, 0.1) is 21.4 Å². The van der Waals surface area contributed by atoms with E-state index in [1.165, 1.54) is 18.2 Å². The summed E-state index contributed by atoms with van der Waals surface area (Å²) >= 11 is 6.04. The standard InChI is InChI=1S/C27H18ClN3O4/c28-25-12-11-22(31(33)34)15-26(25)30-27(32)21(16-29)13-18-5-3-9-23(14-18)35-17-20-8-4-7-19-6-1-2-10-24(19)20/h1-15H,17H2,(H,30,32)/b21-13+. The summed E-state index contributed by atoms with van der Waals surface area (Å²) in [5.41, 5.74) is 1.23. The molecule has 0 aliphatic heterocycles. The predicted octanol–water partition coefficient (Wildman–Crippen LogP) is 6.53. The van der Waals surface area contributed by atoms with E-state index in [0.29, 0.717) is 17.9 Å². The van der Waals surface area contributed by atoms with Gasteiger partial charge in [-0.15, -0.1) is 0 Å². The summed E-state index contributed by atoms with van der Waals surface area (Å²) in [5, 5.41) is 25.3. The molecule has 0 unspecified atom stereocenters. The summed E-state index contributed by atoms with van der Waals surface area (Å²) in [6.45, 7) is 0.353. The van der Waals surface area contributed by atoms with Crippen LogP contribution in [0.15, 0.2) is 90.5 Å². The summed E-state index contributed by atoms with van der Waals surface area (Å²) < 4.78 is 5.97. The van der Waals surface area contributed by atoms with E-state index < -0.39 is 10.8 Å². The molecule has 0 heterocycles. The van der Waals surface area contributed by atoms with Crippen LogP contribution in [0.3, 0.4) is 0 Å². The maximum atomic E-state index is 12.6. The number of carbonyl (C=O) groups excluding carboxylic acids is 1. The second-order valence-electron chi connectivity index (χ2n) is 7.54. The van der Waals surface area contributed by atoms with Gasteiger partial charge in [-0.25, -0.2) is 0 Å². The van der Waals surface area contributed by atoms with Crippen molar-refractivity contribution in [2.75, 3.05) is 5.32 Å². The van der Waals surface area contributed by atoms with Crippen LogP contribution in [0.2, 0.25) is 5.02 Å². The van der Waals surface area contributed by atoms with Gasteiger partial charge in [0.05, 0.1) is 15.6 Å². The van der Waals surface area contributed by atoms with Crippen LogP contribution in [0.5, 0.6) is 5.75 Å². The number of nitrogens with one attached hydrogen (secondary N) is 1. The molecule has 0 aromatic heterocycles. The van der Waals surface area contributed by atoms with Crippen molar-refractivity contribution in [2.24, 2.45) is 0 Å². The van der Waals surface area contributed by atoms with Crippen LogP contribution in [-0.4, -0.2) is 10.8 Å². The fourth-order valence-electron chi connectivity index (χ4n) is 3.50. The molecule has 4 rings (SSSR count). The lowest BCUT2D eigenvalue weighted by molar-refractivity contribution is -0.384. The summed E-state index contributed by atoms with van der Waals surface area (Å²) in [6.07, 6.45) is 1.41. The van der Waals surface area contributed by atoms with Gasteiger partial charge in [-0.05, 0) is 46.2 Å². The van der Waals surface area contributed by atoms with Gasteiger partial charge < -0.3 is 10.1 Å². The molecule has 0 aliphatic carbocycles. The van der Waals surface area contributed by atoms with Crippen LogP contribution in [0.25, 0.3) is 16.8 Å². The van der Waals surface area contributed by atoms with E-state index >= 15 is 0 Å². The van der Waals surface area contributed by atoms with Gasteiger partial charge in [-0.3, -0.25) is 14.9 Å². The van der Waals surface area contributed by atoms with Crippen molar-refractivity contribution >= 4 is 45.7 Å². The lowest BCUT2D eigenvalue weighted by atomic mass is 10.1. The highest BCUT2D eigenvalue weighted by molar-refractivity contribution is 6.34. The van der Waals surface area contributed by atoms with Crippen LogP contribution >= 0.6 is 11.6 Å². The molecule has 0 radical (unpaired) electrons. The number of non-ortho nitro benzene ring substituents is 1. The zero-order chi connectivity index (χ0) is 24.8. The molecule has 1 N–H and O–H groups in total. The van der Waals surface area contributed by atoms with Gasteiger partial charge in [0, 0.05) is 12.1 Å². The largest absolute Gasteiger partial charge is 0.489 e. The van der Waals surface area contributed by atoms with Crippen LogP contribution in [0.4, 0.5) is 11.4 Å². The van der Waals surface area contributed by atoms with Crippen molar-refractivity contribution in [2.45, 2.75) is 6.61 Å². The van der Waals surface area contributed by atoms with Gasteiger partial charge >= 0.3 is 0 Å². The second-order valence-corrected chi connectivity index (χ2v) is 7.95. The van der Waals surface area contributed by atoms with Gasteiger partial charge in [0.2, 0.25) is 0 Å². The van der Waals surface area contributed by atoms with E-state index in [1.54, 1.807) is 24.3 Å². The third-order valence-electron chi connectivity index (χ3n) is 5.22. The topological polar surface area (TPSA) is 105 Å². The number of amides is 1. The Hall–Kier alpha value is -4.67. The van der Waals surface area contributed by atoms with Gasteiger partial charge in [0.15, 0.2) is 0 Å². The number of nitro benzene ring substituents is 1. The van der Waals surface area contributed by atoms with Crippen molar-refractivity contribution in [1.29, 1.82) is 5.26 Å². The van der Waals surface area contributed by atoms with E-state index in [4.69, 9.17) is 16.3 Å². The van der Waals surface area contributed by atoms with Gasteiger partial charge in [-0.1, -0.05) is 66.2 Å². The molecule has 0 bridgehead atoms. The number of hydrogen-bond acceptors (Lipinski definition) is 5. The highest BCUT2D eigenvalue weighted by Crippen LogP contribution is 2.27. The number of fused-ring (bicyclic) bond motifs is 1. The molecule has 0 fully saturated rings. The Labute approximate surface area is 206 Å². The Morgan fingerprint density at radius 3 is 2.63 bits per heavy atom. The van der Waals surface area contributed by atoms with Crippen LogP contribution in [0.1, 0.15) is 11.1 Å². The van der Waals surface area contributed by atoms with Gasteiger partial charge in [0.25, 0.3) is 11.6 Å². The molecular weight excluding hydrogens is 466 g/mol. The summed E-state index contributed by atoms with van der Waals surface area (Å²) in [7, 11) is 0. The zero-order valence-electron chi connectivity index (χ0n) is 18.3. The van der Waals surface area contributed by atoms with Gasteiger partial charge in [-0.2, -0.15) is 5.26 Å². The molecule has 0 aliphatic rings. The number of nitrogens with zero attached hydrogens (tertiary/aromatic N) is 2. The number of nitro groups is 1. The molecule has 7 nitrogen and oxygen atoms in total. The number of hydrogen-bond donors (Lipinski definition) is 1. The van der Waals surface area contributed by atoms with E-state index in [-0.39, 0.29) is 22.0 Å². The molecule has 8 heteroatoms. The number of nitriles is 1. The Kier molecular flexibility index (Phi) is 7.05. The van der Waals surface area contributed by atoms with Crippen molar-refractivity contribution in [3.8, 4) is 11.8 Å². The molecule has 4 aromatic rings. The Balaban J connectivity index is 1.51. The maximum absolute atomic E-state index is 12.6. The highest BCUT2D eigenvalue weighted by Gasteiger charge is 2.15. The first-order chi connectivity index (χ1) is 16.9. The lowest BCUT2D eigenvalue weighted by Crippen LogP contribution is -2.14. The first-order valence-corrected chi connectivity index (χ1v) is 10.9. The minimum atomic E-state index is -0.739. The SMILES string of the molecule is N#C/C(=C\c1cccc(OCc2cccc3ccccc23)c1)C(=O)Nc1cc([N+](=O)[O-])ccc1Cl. The fourth-order valence-corrected chi connectivity index (χ4v) is 3.67. The Morgan fingerprint density at radius 2 is 1.83 bits per heavy atom. The van der Waals surface area contributed by atoms with E-state index in [0.717, 1.165) is 22.4 Å². The average molecular weight is 484 g/mol. The first-order valence-electron chi connectivity index (χ1n) is 10.5. The minimum Gasteiger partial charge on any atom is -0.489 e. The third-order valence-corrected chi connectivity index (χ3v) is 5.55. The molecule has 172 valence electrons. The van der Waals surface area contributed by atoms with E-state index in [9.17, 15) is 20.2 Å². The minimum absolute atomic E-state index is 0.0409. The first kappa shape index (κ1) is 23.5. The molecule has 0 spiro atoms.